The van der Waals surface area contributed by atoms with E-state index in [2.05, 4.69) is 20.9 Å². The lowest BCUT2D eigenvalue weighted by atomic mass is 10.2. The molecule has 18 heavy (non-hydrogen) atoms. The number of hydrogen-bond acceptors (Lipinski definition) is 2. The fourth-order valence-electron chi connectivity index (χ4n) is 1.67. The minimum Gasteiger partial charge on any atom is -0.355 e. The first kappa shape index (κ1) is 13.0. The molecular formula is C14H14BrFN2. The zero-order chi connectivity index (χ0) is 13.0. The van der Waals surface area contributed by atoms with Crippen molar-refractivity contribution in [3.8, 4) is 0 Å². The Morgan fingerprint density at radius 1 is 1.11 bits per heavy atom. The van der Waals surface area contributed by atoms with Gasteiger partial charge < -0.3 is 4.90 Å². The lowest BCUT2D eigenvalue weighted by molar-refractivity contribution is 0.627. The molecule has 4 heteroatoms. The summed E-state index contributed by atoms with van der Waals surface area (Å²) in [6.45, 7) is 0.709. The van der Waals surface area contributed by atoms with Crippen LogP contribution in [0.3, 0.4) is 0 Å². The van der Waals surface area contributed by atoms with Crippen molar-refractivity contribution in [3.63, 3.8) is 0 Å². The average molecular weight is 309 g/mol. The molecule has 0 unspecified atom stereocenters. The largest absolute Gasteiger partial charge is 0.355 e. The number of benzene rings is 1. The van der Waals surface area contributed by atoms with Gasteiger partial charge in [0.05, 0.1) is 0 Å². The van der Waals surface area contributed by atoms with E-state index in [0.29, 0.717) is 6.54 Å². The molecule has 0 saturated carbocycles. The van der Waals surface area contributed by atoms with Crippen LogP contribution < -0.4 is 4.90 Å². The molecule has 0 spiro atoms. The molecule has 0 atom stereocenters. The molecule has 0 aliphatic heterocycles. The molecular weight excluding hydrogens is 295 g/mol. The van der Waals surface area contributed by atoms with Gasteiger partial charge in [-0.1, -0.05) is 34.1 Å². The Kier molecular flexibility index (Phi) is 4.31. The van der Waals surface area contributed by atoms with E-state index in [1.54, 1.807) is 12.1 Å². The predicted molar refractivity (Wildman–Crippen MR) is 75.4 cm³/mol. The van der Waals surface area contributed by atoms with E-state index in [-0.39, 0.29) is 5.82 Å². The van der Waals surface area contributed by atoms with Gasteiger partial charge >= 0.3 is 0 Å². The van der Waals surface area contributed by atoms with Crippen LogP contribution >= 0.6 is 15.9 Å². The Labute approximate surface area is 115 Å². The molecule has 0 saturated heterocycles. The third-order valence-electron chi connectivity index (χ3n) is 2.69. The van der Waals surface area contributed by atoms with Crippen molar-refractivity contribution in [2.75, 3.05) is 11.9 Å². The molecule has 94 valence electrons. The zero-order valence-electron chi connectivity index (χ0n) is 10.1. The van der Waals surface area contributed by atoms with Crippen LogP contribution in [0, 0.1) is 5.82 Å². The Balaban J connectivity index is 2.06. The van der Waals surface area contributed by atoms with Gasteiger partial charge in [-0.15, -0.1) is 0 Å². The summed E-state index contributed by atoms with van der Waals surface area (Å²) in [4.78, 5) is 6.42. The quantitative estimate of drug-likeness (QED) is 0.800. The molecule has 0 fully saturated rings. The van der Waals surface area contributed by atoms with Crippen LogP contribution in [0.1, 0.15) is 11.1 Å². The van der Waals surface area contributed by atoms with Gasteiger partial charge in [-0.05, 0) is 29.3 Å². The molecule has 1 heterocycles. The van der Waals surface area contributed by atoms with Crippen LogP contribution in [0.4, 0.5) is 10.2 Å². The number of alkyl halides is 1. The number of anilines is 1. The van der Waals surface area contributed by atoms with Crippen molar-refractivity contribution >= 4 is 21.7 Å². The summed E-state index contributed by atoms with van der Waals surface area (Å²) in [7, 11) is 1.97. The molecule has 0 amide bonds. The molecule has 0 radical (unpaired) electrons. The van der Waals surface area contributed by atoms with Gasteiger partial charge in [0.15, 0.2) is 0 Å². The predicted octanol–water partition coefficient (Wildman–Crippen LogP) is 3.75. The van der Waals surface area contributed by atoms with Gasteiger partial charge in [-0.25, -0.2) is 9.37 Å². The Morgan fingerprint density at radius 2 is 1.78 bits per heavy atom. The third kappa shape index (κ3) is 3.29. The molecule has 2 nitrogen and oxygen atoms in total. The fourth-order valence-corrected chi connectivity index (χ4v) is 2.00. The van der Waals surface area contributed by atoms with E-state index in [9.17, 15) is 4.39 Å². The van der Waals surface area contributed by atoms with Crippen molar-refractivity contribution in [2.45, 2.75) is 11.9 Å². The van der Waals surface area contributed by atoms with Crippen LogP contribution in [0.15, 0.2) is 42.6 Å². The highest BCUT2D eigenvalue weighted by atomic mass is 79.9. The van der Waals surface area contributed by atoms with E-state index in [4.69, 9.17) is 0 Å². The van der Waals surface area contributed by atoms with Gasteiger partial charge in [0.25, 0.3) is 0 Å². The maximum absolute atomic E-state index is 12.8. The number of halogens is 2. The summed E-state index contributed by atoms with van der Waals surface area (Å²) in [6.07, 6.45) is 1.85. The summed E-state index contributed by atoms with van der Waals surface area (Å²) in [5.41, 5.74) is 2.21. The smallest absolute Gasteiger partial charge is 0.128 e. The molecule has 0 aliphatic carbocycles. The lowest BCUT2D eigenvalue weighted by Crippen LogP contribution is -2.17. The van der Waals surface area contributed by atoms with Crippen LogP contribution in [0.2, 0.25) is 0 Å². The van der Waals surface area contributed by atoms with E-state index in [0.717, 1.165) is 22.3 Å². The van der Waals surface area contributed by atoms with E-state index in [1.807, 2.05) is 30.3 Å². The number of pyridine rings is 1. The highest BCUT2D eigenvalue weighted by Crippen LogP contribution is 2.14. The highest BCUT2D eigenvalue weighted by molar-refractivity contribution is 9.08. The van der Waals surface area contributed by atoms with Crippen LogP contribution in [-0.4, -0.2) is 12.0 Å². The summed E-state index contributed by atoms with van der Waals surface area (Å²) < 4.78 is 12.8. The third-order valence-corrected chi connectivity index (χ3v) is 3.34. The number of nitrogens with zero attached hydrogens (tertiary/aromatic N) is 2. The lowest BCUT2D eigenvalue weighted by Gasteiger charge is -2.18. The second-order valence-electron chi connectivity index (χ2n) is 4.14. The second kappa shape index (κ2) is 5.96. The van der Waals surface area contributed by atoms with Gasteiger partial charge in [-0.2, -0.15) is 0 Å². The zero-order valence-corrected chi connectivity index (χ0v) is 11.7. The number of rotatable bonds is 4. The SMILES string of the molecule is CN(Cc1ccc(F)cc1)c1ccc(CBr)cn1. The molecule has 0 bridgehead atoms. The Bertz CT molecular complexity index is 496. The topological polar surface area (TPSA) is 16.1 Å². The van der Waals surface area contributed by atoms with Crippen molar-refractivity contribution in [3.05, 3.63) is 59.5 Å². The number of aromatic nitrogens is 1. The van der Waals surface area contributed by atoms with E-state index >= 15 is 0 Å². The fraction of sp³-hybridized carbons (Fsp3) is 0.214. The van der Waals surface area contributed by atoms with E-state index < -0.39 is 0 Å². The van der Waals surface area contributed by atoms with E-state index in [1.165, 1.54) is 12.1 Å². The second-order valence-corrected chi connectivity index (χ2v) is 4.70. The van der Waals surface area contributed by atoms with Crippen LogP contribution in [0.25, 0.3) is 0 Å². The summed E-state index contributed by atoms with van der Waals surface area (Å²) in [5.74, 6) is 0.699. The molecule has 2 rings (SSSR count). The van der Waals surface area contributed by atoms with Crippen molar-refractivity contribution < 1.29 is 4.39 Å². The summed E-state index contributed by atoms with van der Waals surface area (Å²) in [6, 6.07) is 10.6. The standard InChI is InChI=1S/C14H14BrFN2/c1-18(10-11-2-5-13(16)6-3-11)14-7-4-12(8-15)9-17-14/h2-7,9H,8,10H2,1H3. The molecule has 1 aromatic carbocycles. The first-order valence-electron chi connectivity index (χ1n) is 5.65. The molecule has 2 aromatic rings. The maximum atomic E-state index is 12.8. The van der Waals surface area contributed by atoms with Crippen LogP contribution in [-0.2, 0) is 11.9 Å². The van der Waals surface area contributed by atoms with Crippen molar-refractivity contribution in [1.82, 2.24) is 4.98 Å². The van der Waals surface area contributed by atoms with Crippen molar-refractivity contribution in [1.29, 1.82) is 0 Å². The molecule has 0 N–H and O–H groups in total. The molecule has 1 aromatic heterocycles. The minimum absolute atomic E-state index is 0.207. The van der Waals surface area contributed by atoms with Gasteiger partial charge in [0.1, 0.15) is 11.6 Å². The summed E-state index contributed by atoms with van der Waals surface area (Å²) in [5, 5.41) is 0.807. The first-order valence-corrected chi connectivity index (χ1v) is 6.77. The first-order chi connectivity index (χ1) is 8.69. The molecule has 0 aliphatic rings. The normalized spacial score (nSPS) is 10.4. The van der Waals surface area contributed by atoms with Gasteiger partial charge in [0.2, 0.25) is 0 Å². The average Bonchev–Trinajstić information content (AvgIpc) is 2.41. The maximum Gasteiger partial charge on any atom is 0.128 e. The van der Waals surface area contributed by atoms with Gasteiger partial charge in [0, 0.05) is 25.1 Å². The van der Waals surface area contributed by atoms with Crippen LogP contribution in [0.5, 0.6) is 0 Å². The van der Waals surface area contributed by atoms with Crippen molar-refractivity contribution in [2.24, 2.45) is 0 Å². The monoisotopic (exact) mass is 308 g/mol. The van der Waals surface area contributed by atoms with Gasteiger partial charge in [-0.3, -0.25) is 0 Å². The number of hydrogen-bond donors (Lipinski definition) is 0. The Morgan fingerprint density at radius 3 is 2.33 bits per heavy atom. The summed E-state index contributed by atoms with van der Waals surface area (Å²) >= 11 is 3.39. The Hall–Kier alpha value is -1.42. The highest BCUT2D eigenvalue weighted by Gasteiger charge is 2.03. The minimum atomic E-state index is -0.207.